The van der Waals surface area contributed by atoms with Crippen LogP contribution in [0.1, 0.15) is 20.7 Å². The Labute approximate surface area is 161 Å². The first kappa shape index (κ1) is 19.7. The van der Waals surface area contributed by atoms with Crippen LogP contribution in [0.25, 0.3) is 0 Å². The molecule has 6 nitrogen and oxygen atoms in total. The molecule has 0 atom stereocenters. The van der Waals surface area contributed by atoms with Crippen molar-refractivity contribution in [3.8, 4) is 0 Å². The Morgan fingerprint density at radius 3 is 2.04 bits per heavy atom. The van der Waals surface area contributed by atoms with Crippen molar-refractivity contribution < 1.29 is 19.1 Å². The van der Waals surface area contributed by atoms with Gasteiger partial charge in [-0.25, -0.2) is 9.59 Å². The fourth-order valence-electron chi connectivity index (χ4n) is 2.17. The fourth-order valence-corrected chi connectivity index (χ4v) is 2.86. The van der Waals surface area contributed by atoms with Crippen molar-refractivity contribution in [3.05, 3.63) is 53.6 Å². The van der Waals surface area contributed by atoms with Gasteiger partial charge in [0.05, 0.1) is 25.3 Å². The van der Waals surface area contributed by atoms with Crippen LogP contribution >= 0.6 is 24.0 Å². The molecule has 0 unspecified atom stereocenters. The summed E-state index contributed by atoms with van der Waals surface area (Å²) in [5.74, 6) is -1.13. The van der Waals surface area contributed by atoms with Crippen LogP contribution in [0.5, 0.6) is 0 Å². The van der Waals surface area contributed by atoms with E-state index in [1.807, 2.05) is 30.5 Å². The molecule has 0 aliphatic carbocycles. The first-order valence-electron chi connectivity index (χ1n) is 7.50. The van der Waals surface area contributed by atoms with Gasteiger partial charge < -0.3 is 20.1 Å². The van der Waals surface area contributed by atoms with E-state index in [2.05, 4.69) is 10.6 Å². The summed E-state index contributed by atoms with van der Waals surface area (Å²) >= 11 is 6.93. The molecule has 0 aliphatic heterocycles. The lowest BCUT2D eigenvalue weighted by Gasteiger charge is -2.13. The van der Waals surface area contributed by atoms with Gasteiger partial charge in [0.15, 0.2) is 5.11 Å². The van der Waals surface area contributed by atoms with E-state index < -0.39 is 11.9 Å². The standard InChI is InChI=1S/C18H18N2O4S2/c1-23-16(21)11-7-12(17(22)24-2)9-14(8-11)20-18(25)19-13-5-4-6-15(10-13)26-3/h4-10H,1-3H3,(H2,19,20,25). The van der Waals surface area contributed by atoms with Crippen LogP contribution in [-0.4, -0.2) is 37.5 Å². The number of hydrogen-bond donors (Lipinski definition) is 2. The van der Waals surface area contributed by atoms with Crippen molar-refractivity contribution in [1.29, 1.82) is 0 Å². The summed E-state index contributed by atoms with van der Waals surface area (Å²) in [5, 5.41) is 6.35. The average molecular weight is 390 g/mol. The minimum atomic E-state index is -0.564. The number of carbonyl (C=O) groups is 2. The molecule has 136 valence electrons. The van der Waals surface area contributed by atoms with Gasteiger partial charge in [0, 0.05) is 16.3 Å². The lowest BCUT2D eigenvalue weighted by molar-refractivity contribution is 0.0599. The van der Waals surface area contributed by atoms with Crippen molar-refractivity contribution in [2.24, 2.45) is 0 Å². The molecule has 0 spiro atoms. The van der Waals surface area contributed by atoms with Gasteiger partial charge in [-0.1, -0.05) is 6.07 Å². The van der Waals surface area contributed by atoms with Gasteiger partial charge in [-0.05, 0) is 54.9 Å². The number of ether oxygens (including phenoxy) is 2. The normalized spacial score (nSPS) is 9.96. The lowest BCUT2D eigenvalue weighted by atomic mass is 10.1. The number of benzene rings is 2. The second-order valence-electron chi connectivity index (χ2n) is 5.09. The predicted molar refractivity (Wildman–Crippen MR) is 107 cm³/mol. The third-order valence-corrected chi connectivity index (χ3v) is 4.29. The molecule has 0 heterocycles. The zero-order valence-electron chi connectivity index (χ0n) is 14.5. The van der Waals surface area contributed by atoms with Crippen LogP contribution in [-0.2, 0) is 9.47 Å². The Balaban J connectivity index is 2.22. The smallest absolute Gasteiger partial charge is 0.337 e. The number of thiocarbonyl (C=S) groups is 1. The third-order valence-electron chi connectivity index (χ3n) is 3.36. The molecule has 0 aliphatic rings. The van der Waals surface area contributed by atoms with Crippen LogP contribution in [0.2, 0.25) is 0 Å². The average Bonchev–Trinajstić information content (AvgIpc) is 2.66. The molecule has 0 saturated heterocycles. The van der Waals surface area contributed by atoms with Crippen molar-refractivity contribution >= 4 is 52.4 Å². The summed E-state index contributed by atoms with van der Waals surface area (Å²) in [4.78, 5) is 24.7. The topological polar surface area (TPSA) is 76.7 Å². The molecule has 0 fully saturated rings. The number of anilines is 2. The van der Waals surface area contributed by atoms with E-state index in [1.54, 1.807) is 23.9 Å². The van der Waals surface area contributed by atoms with Crippen molar-refractivity contribution in [2.45, 2.75) is 4.90 Å². The molecule has 2 rings (SSSR count). The van der Waals surface area contributed by atoms with Gasteiger partial charge in [-0.2, -0.15) is 0 Å². The van der Waals surface area contributed by atoms with Crippen molar-refractivity contribution in [1.82, 2.24) is 0 Å². The second kappa shape index (κ2) is 9.21. The van der Waals surface area contributed by atoms with Crippen LogP contribution < -0.4 is 10.6 Å². The highest BCUT2D eigenvalue weighted by Crippen LogP contribution is 2.20. The molecule has 0 bridgehead atoms. The molecule has 2 aromatic rings. The minimum Gasteiger partial charge on any atom is -0.465 e. The van der Waals surface area contributed by atoms with Gasteiger partial charge in [0.2, 0.25) is 0 Å². The Bertz CT molecular complexity index is 805. The van der Waals surface area contributed by atoms with Crippen molar-refractivity contribution in [2.75, 3.05) is 31.1 Å². The molecular weight excluding hydrogens is 372 g/mol. The largest absolute Gasteiger partial charge is 0.465 e. The molecule has 0 saturated carbocycles. The van der Waals surface area contributed by atoms with Crippen LogP contribution in [0.4, 0.5) is 11.4 Å². The first-order valence-corrected chi connectivity index (χ1v) is 9.14. The molecule has 2 aromatic carbocycles. The number of esters is 2. The number of carbonyl (C=O) groups excluding carboxylic acids is 2. The summed E-state index contributed by atoms with van der Waals surface area (Å²) in [5.41, 5.74) is 1.72. The minimum absolute atomic E-state index is 0.213. The maximum Gasteiger partial charge on any atom is 0.337 e. The van der Waals surface area contributed by atoms with Crippen LogP contribution in [0.3, 0.4) is 0 Å². The lowest BCUT2D eigenvalue weighted by Crippen LogP contribution is -2.20. The van der Waals surface area contributed by atoms with Gasteiger partial charge in [0.1, 0.15) is 0 Å². The number of thioether (sulfide) groups is 1. The molecule has 8 heteroatoms. The Hall–Kier alpha value is -2.58. The fraction of sp³-hybridized carbons (Fsp3) is 0.167. The quantitative estimate of drug-likeness (QED) is 0.454. The monoisotopic (exact) mass is 390 g/mol. The molecule has 0 aromatic heterocycles. The summed E-state index contributed by atoms with van der Waals surface area (Å²) in [6.07, 6.45) is 1.99. The molecular formula is C18H18N2O4S2. The number of methoxy groups -OCH3 is 2. The number of nitrogens with one attached hydrogen (secondary N) is 2. The van der Waals surface area contributed by atoms with E-state index in [1.165, 1.54) is 20.3 Å². The van der Waals surface area contributed by atoms with E-state index in [9.17, 15) is 9.59 Å². The Morgan fingerprint density at radius 1 is 0.923 bits per heavy atom. The Morgan fingerprint density at radius 2 is 1.50 bits per heavy atom. The van der Waals surface area contributed by atoms with Gasteiger partial charge in [0.25, 0.3) is 0 Å². The van der Waals surface area contributed by atoms with Crippen LogP contribution in [0.15, 0.2) is 47.4 Å². The Kier molecular flexibility index (Phi) is 6.99. The van der Waals surface area contributed by atoms with E-state index >= 15 is 0 Å². The highest BCUT2D eigenvalue weighted by Gasteiger charge is 2.14. The van der Waals surface area contributed by atoms with E-state index in [4.69, 9.17) is 21.7 Å². The molecule has 26 heavy (non-hydrogen) atoms. The third kappa shape index (κ3) is 5.21. The number of hydrogen-bond acceptors (Lipinski definition) is 6. The second-order valence-corrected chi connectivity index (χ2v) is 6.38. The maximum absolute atomic E-state index is 11.8. The molecule has 0 amide bonds. The van der Waals surface area contributed by atoms with Crippen LogP contribution in [0, 0.1) is 0 Å². The maximum atomic E-state index is 11.8. The zero-order chi connectivity index (χ0) is 19.1. The summed E-state index contributed by atoms with van der Waals surface area (Å²) in [7, 11) is 2.54. The predicted octanol–water partition coefficient (Wildman–Crippen LogP) is 3.79. The van der Waals surface area contributed by atoms with Gasteiger partial charge in [-0.15, -0.1) is 11.8 Å². The van der Waals surface area contributed by atoms with E-state index in [-0.39, 0.29) is 11.1 Å². The van der Waals surface area contributed by atoms with Crippen molar-refractivity contribution in [3.63, 3.8) is 0 Å². The molecule has 0 radical (unpaired) electrons. The zero-order valence-corrected chi connectivity index (χ0v) is 16.1. The summed E-state index contributed by atoms with van der Waals surface area (Å²) < 4.78 is 9.43. The highest BCUT2D eigenvalue weighted by molar-refractivity contribution is 7.98. The summed E-state index contributed by atoms with van der Waals surface area (Å²) in [6.45, 7) is 0. The number of rotatable bonds is 5. The van der Waals surface area contributed by atoms with Gasteiger partial charge >= 0.3 is 11.9 Å². The van der Waals surface area contributed by atoms with Gasteiger partial charge in [-0.3, -0.25) is 0 Å². The summed E-state index contributed by atoms with van der Waals surface area (Å²) in [6, 6.07) is 12.3. The SMILES string of the molecule is COC(=O)c1cc(NC(=S)Nc2cccc(SC)c2)cc(C(=O)OC)c1. The highest BCUT2D eigenvalue weighted by atomic mass is 32.2. The van der Waals surface area contributed by atoms with E-state index in [0.717, 1.165) is 10.6 Å². The van der Waals surface area contributed by atoms with E-state index in [0.29, 0.717) is 10.8 Å². The first-order chi connectivity index (χ1) is 12.5. The molecule has 2 N–H and O–H groups in total.